The Bertz CT molecular complexity index is 828. The van der Waals surface area contributed by atoms with Crippen LogP contribution in [0.15, 0.2) is 48.5 Å². The average molecular weight is 376 g/mol. The summed E-state index contributed by atoms with van der Waals surface area (Å²) in [4.78, 5) is 35.4. The molecule has 0 saturated carbocycles. The lowest BCUT2D eigenvalue weighted by molar-refractivity contribution is -0.152. The SMILES string of the molecule is C[C@@H](OC(=O)CNC(=O)Cc1ccccc1)C(=O)Nc1ccc(F)cc1F. The molecular weight excluding hydrogens is 358 g/mol. The zero-order valence-electron chi connectivity index (χ0n) is 14.5. The van der Waals surface area contributed by atoms with E-state index in [-0.39, 0.29) is 18.0 Å². The molecule has 0 aromatic heterocycles. The van der Waals surface area contributed by atoms with E-state index in [0.717, 1.165) is 17.7 Å². The van der Waals surface area contributed by atoms with Crippen molar-refractivity contribution in [3.05, 3.63) is 65.7 Å². The number of halogens is 2. The summed E-state index contributed by atoms with van der Waals surface area (Å²) in [6.45, 7) is 0.884. The van der Waals surface area contributed by atoms with E-state index in [9.17, 15) is 23.2 Å². The van der Waals surface area contributed by atoms with Gasteiger partial charge in [-0.1, -0.05) is 30.3 Å². The average Bonchev–Trinajstić information content (AvgIpc) is 2.63. The Kier molecular flexibility index (Phi) is 6.99. The molecule has 8 heteroatoms. The molecule has 0 fully saturated rings. The van der Waals surface area contributed by atoms with Crippen molar-refractivity contribution >= 4 is 23.5 Å². The first kappa shape index (κ1) is 20.0. The first-order chi connectivity index (χ1) is 12.8. The number of hydrogen-bond donors (Lipinski definition) is 2. The van der Waals surface area contributed by atoms with Gasteiger partial charge in [-0.05, 0) is 24.6 Å². The maximum atomic E-state index is 13.5. The number of rotatable bonds is 7. The number of ether oxygens (including phenoxy) is 1. The highest BCUT2D eigenvalue weighted by molar-refractivity contribution is 5.95. The molecule has 0 saturated heterocycles. The fourth-order valence-corrected chi connectivity index (χ4v) is 2.13. The number of carbonyl (C=O) groups excluding carboxylic acids is 3. The van der Waals surface area contributed by atoms with Crippen molar-refractivity contribution in [2.75, 3.05) is 11.9 Å². The van der Waals surface area contributed by atoms with Crippen LogP contribution in [0.3, 0.4) is 0 Å². The van der Waals surface area contributed by atoms with Crippen LogP contribution in [0.25, 0.3) is 0 Å². The summed E-state index contributed by atoms with van der Waals surface area (Å²) in [7, 11) is 0. The van der Waals surface area contributed by atoms with Crippen molar-refractivity contribution in [1.82, 2.24) is 5.32 Å². The minimum absolute atomic E-state index is 0.105. The van der Waals surface area contributed by atoms with E-state index >= 15 is 0 Å². The van der Waals surface area contributed by atoms with Gasteiger partial charge in [0.1, 0.15) is 18.2 Å². The number of amides is 2. The van der Waals surface area contributed by atoms with Gasteiger partial charge in [-0.2, -0.15) is 0 Å². The molecule has 2 N–H and O–H groups in total. The molecule has 6 nitrogen and oxygen atoms in total. The highest BCUT2D eigenvalue weighted by Gasteiger charge is 2.19. The second-order valence-corrected chi connectivity index (χ2v) is 5.68. The summed E-state index contributed by atoms with van der Waals surface area (Å²) in [6.07, 6.45) is -1.12. The van der Waals surface area contributed by atoms with Crippen LogP contribution in [0.5, 0.6) is 0 Å². The summed E-state index contributed by atoms with van der Waals surface area (Å²) < 4.78 is 31.2. The Balaban J connectivity index is 1.77. The smallest absolute Gasteiger partial charge is 0.326 e. The molecule has 0 aliphatic rings. The fraction of sp³-hybridized carbons (Fsp3) is 0.211. The predicted octanol–water partition coefficient (Wildman–Crippen LogP) is 2.19. The maximum Gasteiger partial charge on any atom is 0.326 e. The molecule has 2 aromatic carbocycles. The van der Waals surface area contributed by atoms with E-state index in [2.05, 4.69) is 10.6 Å². The van der Waals surface area contributed by atoms with E-state index in [4.69, 9.17) is 4.74 Å². The summed E-state index contributed by atoms with van der Waals surface area (Å²) in [5, 5.41) is 4.59. The third-order valence-corrected chi connectivity index (χ3v) is 3.50. The minimum atomic E-state index is -1.23. The predicted molar refractivity (Wildman–Crippen MR) is 93.7 cm³/mol. The normalized spacial score (nSPS) is 11.4. The molecule has 2 rings (SSSR count). The van der Waals surface area contributed by atoms with Crippen molar-refractivity contribution in [3.8, 4) is 0 Å². The molecule has 2 amide bonds. The highest BCUT2D eigenvalue weighted by atomic mass is 19.1. The van der Waals surface area contributed by atoms with Gasteiger partial charge in [0.25, 0.3) is 5.91 Å². The lowest BCUT2D eigenvalue weighted by Crippen LogP contribution is -2.36. The quantitative estimate of drug-likeness (QED) is 0.726. The Hall–Kier alpha value is -3.29. The molecule has 0 heterocycles. The van der Waals surface area contributed by atoms with Gasteiger partial charge in [-0.3, -0.25) is 14.4 Å². The second kappa shape index (κ2) is 9.42. The molecule has 2 aromatic rings. The van der Waals surface area contributed by atoms with E-state index in [0.29, 0.717) is 6.07 Å². The van der Waals surface area contributed by atoms with Crippen LogP contribution < -0.4 is 10.6 Å². The topological polar surface area (TPSA) is 84.5 Å². The van der Waals surface area contributed by atoms with E-state index in [1.165, 1.54) is 6.92 Å². The molecule has 0 bridgehead atoms. The largest absolute Gasteiger partial charge is 0.451 e. The summed E-state index contributed by atoms with van der Waals surface area (Å²) >= 11 is 0. The van der Waals surface area contributed by atoms with Crippen LogP contribution in [0.2, 0.25) is 0 Å². The second-order valence-electron chi connectivity index (χ2n) is 5.68. The monoisotopic (exact) mass is 376 g/mol. The van der Waals surface area contributed by atoms with E-state index in [1.807, 2.05) is 6.07 Å². The van der Waals surface area contributed by atoms with Crippen LogP contribution in [0.1, 0.15) is 12.5 Å². The van der Waals surface area contributed by atoms with Gasteiger partial charge in [0.15, 0.2) is 6.10 Å². The third kappa shape index (κ3) is 6.50. The Morgan fingerprint density at radius 1 is 1.07 bits per heavy atom. The summed E-state index contributed by atoms with van der Waals surface area (Å²) in [5.41, 5.74) is 0.554. The molecule has 0 spiro atoms. The Morgan fingerprint density at radius 2 is 1.78 bits per heavy atom. The van der Waals surface area contributed by atoms with Crippen LogP contribution in [0.4, 0.5) is 14.5 Å². The number of anilines is 1. The molecule has 142 valence electrons. The number of esters is 1. The van der Waals surface area contributed by atoms with E-state index < -0.39 is 36.2 Å². The van der Waals surface area contributed by atoms with Gasteiger partial charge in [0.2, 0.25) is 5.91 Å². The van der Waals surface area contributed by atoms with E-state index in [1.54, 1.807) is 24.3 Å². The first-order valence-corrected chi connectivity index (χ1v) is 8.11. The lowest BCUT2D eigenvalue weighted by Gasteiger charge is -2.14. The number of nitrogens with one attached hydrogen (secondary N) is 2. The van der Waals surface area contributed by atoms with Crippen molar-refractivity contribution in [3.63, 3.8) is 0 Å². The molecular formula is C19H18F2N2O4. The van der Waals surface area contributed by atoms with Crippen LogP contribution >= 0.6 is 0 Å². The first-order valence-electron chi connectivity index (χ1n) is 8.11. The van der Waals surface area contributed by atoms with Crippen LogP contribution in [-0.2, 0) is 25.5 Å². The lowest BCUT2D eigenvalue weighted by atomic mass is 10.1. The molecule has 0 unspecified atom stereocenters. The molecule has 0 radical (unpaired) electrons. The van der Waals surface area contributed by atoms with Crippen molar-refractivity contribution < 1.29 is 27.9 Å². The number of hydrogen-bond acceptors (Lipinski definition) is 4. The van der Waals surface area contributed by atoms with Gasteiger partial charge in [-0.15, -0.1) is 0 Å². The zero-order valence-corrected chi connectivity index (χ0v) is 14.5. The van der Waals surface area contributed by atoms with Crippen molar-refractivity contribution in [2.24, 2.45) is 0 Å². The van der Waals surface area contributed by atoms with Gasteiger partial charge in [0.05, 0.1) is 12.1 Å². The van der Waals surface area contributed by atoms with Crippen molar-refractivity contribution in [2.45, 2.75) is 19.4 Å². The minimum Gasteiger partial charge on any atom is -0.451 e. The van der Waals surface area contributed by atoms with Crippen LogP contribution in [0, 0.1) is 11.6 Å². The fourth-order valence-electron chi connectivity index (χ4n) is 2.13. The standard InChI is InChI=1S/C19H18F2N2O4/c1-12(19(26)23-16-8-7-14(20)10-15(16)21)27-18(25)11-22-17(24)9-13-5-3-2-4-6-13/h2-8,10,12H,9,11H2,1H3,(H,22,24)(H,23,26)/t12-/m1/s1. The Morgan fingerprint density at radius 3 is 2.44 bits per heavy atom. The van der Waals surface area contributed by atoms with Crippen LogP contribution in [-0.4, -0.2) is 30.4 Å². The highest BCUT2D eigenvalue weighted by Crippen LogP contribution is 2.15. The zero-order chi connectivity index (χ0) is 19.8. The molecule has 0 aliphatic heterocycles. The number of carbonyl (C=O) groups is 3. The maximum absolute atomic E-state index is 13.5. The third-order valence-electron chi connectivity index (χ3n) is 3.50. The van der Waals surface area contributed by atoms with Crippen molar-refractivity contribution in [1.29, 1.82) is 0 Å². The molecule has 27 heavy (non-hydrogen) atoms. The molecule has 0 aliphatic carbocycles. The van der Waals surface area contributed by atoms with Gasteiger partial charge >= 0.3 is 5.97 Å². The van der Waals surface area contributed by atoms with Gasteiger partial charge in [0, 0.05) is 6.07 Å². The van der Waals surface area contributed by atoms with Gasteiger partial charge in [-0.25, -0.2) is 8.78 Å². The summed E-state index contributed by atoms with van der Waals surface area (Å²) in [5.74, 6) is -3.71. The van der Waals surface area contributed by atoms with Gasteiger partial charge < -0.3 is 15.4 Å². The summed E-state index contributed by atoms with van der Waals surface area (Å²) in [6, 6.07) is 11.6. The molecule has 1 atom stereocenters. The Labute approximate surface area is 154 Å². The number of benzene rings is 2.